The average molecular weight is 210 g/mol. The number of para-hydroxylation sites is 1. The van der Waals surface area contributed by atoms with Crippen LogP contribution < -0.4 is 4.74 Å². The fourth-order valence-electron chi connectivity index (χ4n) is 1.30. The van der Waals surface area contributed by atoms with Crippen molar-refractivity contribution in [1.82, 2.24) is 4.98 Å². The van der Waals surface area contributed by atoms with E-state index in [1.165, 1.54) is 6.92 Å². The van der Waals surface area contributed by atoms with Crippen LogP contribution in [0.15, 0.2) is 24.3 Å². The predicted octanol–water partition coefficient (Wildman–Crippen LogP) is 2.75. The van der Waals surface area contributed by atoms with Gasteiger partial charge in [-0.1, -0.05) is 29.8 Å². The molecule has 0 radical (unpaired) electrons. The Morgan fingerprint density at radius 2 is 2.14 bits per heavy atom. The van der Waals surface area contributed by atoms with Crippen molar-refractivity contribution in [2.24, 2.45) is 0 Å². The van der Waals surface area contributed by atoms with Crippen LogP contribution in [0.5, 0.6) is 5.88 Å². The maximum absolute atomic E-state index is 10.7. The first-order valence-corrected chi connectivity index (χ1v) is 4.51. The zero-order valence-electron chi connectivity index (χ0n) is 7.50. The molecule has 0 spiro atoms. The van der Waals surface area contributed by atoms with Crippen LogP contribution in [0.1, 0.15) is 6.92 Å². The van der Waals surface area contributed by atoms with Crippen molar-refractivity contribution in [3.05, 3.63) is 29.3 Å². The molecule has 0 aliphatic rings. The maximum Gasteiger partial charge on any atom is 0.309 e. The van der Waals surface area contributed by atoms with Gasteiger partial charge in [-0.3, -0.25) is 4.79 Å². The minimum Gasteiger partial charge on any atom is -0.408 e. The molecule has 0 aliphatic carbocycles. The van der Waals surface area contributed by atoms with Gasteiger partial charge in [-0.25, -0.2) is 0 Å². The molecule has 0 amide bonds. The van der Waals surface area contributed by atoms with Crippen molar-refractivity contribution in [2.75, 3.05) is 0 Å². The molecule has 2 aromatic rings. The lowest BCUT2D eigenvalue weighted by molar-refractivity contribution is -0.132. The topological polar surface area (TPSA) is 42.1 Å². The molecule has 0 atom stereocenters. The summed E-state index contributed by atoms with van der Waals surface area (Å²) >= 11 is 5.99. The van der Waals surface area contributed by atoms with E-state index in [-0.39, 0.29) is 0 Å². The van der Waals surface area contributed by atoms with Gasteiger partial charge in [-0.05, 0) is 6.07 Å². The van der Waals surface area contributed by atoms with Crippen molar-refractivity contribution in [2.45, 2.75) is 6.92 Å². The first kappa shape index (κ1) is 9.09. The summed E-state index contributed by atoms with van der Waals surface area (Å²) in [5, 5.41) is 1.29. The fourth-order valence-corrected chi connectivity index (χ4v) is 1.55. The van der Waals surface area contributed by atoms with Gasteiger partial charge >= 0.3 is 5.97 Å². The third-order valence-electron chi connectivity index (χ3n) is 1.86. The highest BCUT2D eigenvalue weighted by atomic mass is 35.5. The number of ether oxygens (including phenoxy) is 1. The summed E-state index contributed by atoms with van der Waals surface area (Å²) in [7, 11) is 0. The number of rotatable bonds is 1. The number of carbonyl (C=O) groups is 1. The standard InChI is InChI=1S/C10H8ClNO2/c1-6(13)14-10-9(11)7-4-2-3-5-8(7)12-10/h2-5,12H,1H3. The van der Waals surface area contributed by atoms with E-state index in [0.29, 0.717) is 10.9 Å². The number of fused-ring (bicyclic) bond motifs is 1. The third kappa shape index (κ3) is 1.46. The van der Waals surface area contributed by atoms with Gasteiger partial charge < -0.3 is 9.72 Å². The number of carbonyl (C=O) groups excluding carboxylic acids is 1. The van der Waals surface area contributed by atoms with Gasteiger partial charge in [0.25, 0.3) is 0 Å². The van der Waals surface area contributed by atoms with E-state index in [1.54, 1.807) is 0 Å². The number of hydrogen-bond acceptors (Lipinski definition) is 2. The number of aromatic amines is 1. The van der Waals surface area contributed by atoms with Gasteiger partial charge in [0.05, 0.1) is 0 Å². The van der Waals surface area contributed by atoms with Crippen molar-refractivity contribution in [1.29, 1.82) is 0 Å². The van der Waals surface area contributed by atoms with Gasteiger partial charge in [0.15, 0.2) is 0 Å². The lowest BCUT2D eigenvalue weighted by atomic mass is 10.2. The summed E-state index contributed by atoms with van der Waals surface area (Å²) < 4.78 is 4.90. The highest BCUT2D eigenvalue weighted by molar-refractivity contribution is 6.37. The number of halogens is 1. The molecular formula is C10H8ClNO2. The number of H-pyrrole nitrogens is 1. The van der Waals surface area contributed by atoms with E-state index < -0.39 is 5.97 Å². The Bertz CT molecular complexity index is 490. The molecule has 0 unspecified atom stereocenters. The average Bonchev–Trinajstić information content (AvgIpc) is 2.44. The molecular weight excluding hydrogens is 202 g/mol. The molecule has 0 fully saturated rings. The predicted molar refractivity (Wildman–Crippen MR) is 54.6 cm³/mol. The van der Waals surface area contributed by atoms with Crippen LogP contribution in [0.3, 0.4) is 0 Å². The minimum absolute atomic E-state index is 0.306. The van der Waals surface area contributed by atoms with Gasteiger partial charge in [-0.2, -0.15) is 0 Å². The summed E-state index contributed by atoms with van der Waals surface area (Å²) in [6.45, 7) is 1.34. The number of hydrogen-bond donors (Lipinski definition) is 1. The van der Waals surface area contributed by atoms with E-state index in [9.17, 15) is 4.79 Å². The van der Waals surface area contributed by atoms with Gasteiger partial charge in [0, 0.05) is 17.8 Å². The fraction of sp³-hybridized carbons (Fsp3) is 0.100. The highest BCUT2D eigenvalue weighted by Crippen LogP contribution is 2.32. The molecule has 3 nitrogen and oxygen atoms in total. The lowest BCUT2D eigenvalue weighted by Gasteiger charge is -1.96. The van der Waals surface area contributed by atoms with Crippen LogP contribution in [0.25, 0.3) is 10.9 Å². The van der Waals surface area contributed by atoms with Crippen molar-refractivity contribution in [3.8, 4) is 5.88 Å². The molecule has 72 valence electrons. The molecule has 2 rings (SSSR count). The molecule has 0 saturated carbocycles. The first-order valence-electron chi connectivity index (χ1n) is 4.13. The number of nitrogens with one attached hydrogen (secondary N) is 1. The summed E-state index contributed by atoms with van der Waals surface area (Å²) in [4.78, 5) is 13.7. The molecule has 0 saturated heterocycles. The Kier molecular flexibility index (Phi) is 2.17. The highest BCUT2D eigenvalue weighted by Gasteiger charge is 2.11. The van der Waals surface area contributed by atoms with E-state index in [2.05, 4.69) is 4.98 Å². The molecule has 4 heteroatoms. The molecule has 0 bridgehead atoms. The Morgan fingerprint density at radius 1 is 1.43 bits per heavy atom. The second-order valence-corrected chi connectivity index (χ2v) is 3.29. The van der Waals surface area contributed by atoms with Crippen molar-refractivity contribution < 1.29 is 9.53 Å². The van der Waals surface area contributed by atoms with E-state index in [1.807, 2.05) is 24.3 Å². The number of benzene rings is 1. The smallest absolute Gasteiger partial charge is 0.309 e. The molecule has 1 aromatic heterocycles. The monoisotopic (exact) mass is 209 g/mol. The zero-order valence-corrected chi connectivity index (χ0v) is 8.26. The molecule has 1 N–H and O–H groups in total. The summed E-state index contributed by atoms with van der Waals surface area (Å²) in [6.07, 6.45) is 0. The molecule has 14 heavy (non-hydrogen) atoms. The Labute approximate surface area is 85.6 Å². The van der Waals surface area contributed by atoms with E-state index >= 15 is 0 Å². The molecule has 0 aliphatic heterocycles. The van der Waals surface area contributed by atoms with Crippen LogP contribution in [-0.2, 0) is 4.79 Å². The quantitative estimate of drug-likeness (QED) is 0.734. The van der Waals surface area contributed by atoms with Gasteiger partial charge in [0.2, 0.25) is 5.88 Å². The summed E-state index contributed by atoms with van der Waals surface area (Å²) in [5.74, 6) is -0.0844. The minimum atomic E-state index is -0.390. The van der Waals surface area contributed by atoms with E-state index in [0.717, 1.165) is 10.9 Å². The normalized spacial score (nSPS) is 10.4. The van der Waals surface area contributed by atoms with Crippen LogP contribution in [-0.4, -0.2) is 11.0 Å². The zero-order chi connectivity index (χ0) is 10.1. The van der Waals surface area contributed by atoms with Crippen LogP contribution >= 0.6 is 11.6 Å². The Balaban J connectivity index is 2.57. The van der Waals surface area contributed by atoms with Gasteiger partial charge in [-0.15, -0.1) is 0 Å². The van der Waals surface area contributed by atoms with Gasteiger partial charge in [0.1, 0.15) is 5.02 Å². The largest absolute Gasteiger partial charge is 0.408 e. The Morgan fingerprint density at radius 3 is 2.79 bits per heavy atom. The van der Waals surface area contributed by atoms with Crippen molar-refractivity contribution in [3.63, 3.8) is 0 Å². The second kappa shape index (κ2) is 3.35. The lowest BCUT2D eigenvalue weighted by Crippen LogP contribution is -2.01. The SMILES string of the molecule is CC(=O)Oc1[nH]c2ccccc2c1Cl. The summed E-state index contributed by atoms with van der Waals surface area (Å²) in [6, 6.07) is 7.49. The van der Waals surface area contributed by atoms with Crippen LogP contribution in [0, 0.1) is 0 Å². The third-order valence-corrected chi connectivity index (χ3v) is 2.23. The first-order chi connectivity index (χ1) is 6.68. The number of aromatic nitrogens is 1. The summed E-state index contributed by atoms with van der Waals surface area (Å²) in [5.41, 5.74) is 0.855. The van der Waals surface area contributed by atoms with Crippen molar-refractivity contribution >= 4 is 28.5 Å². The van der Waals surface area contributed by atoms with Crippen LogP contribution in [0.4, 0.5) is 0 Å². The van der Waals surface area contributed by atoms with Crippen LogP contribution in [0.2, 0.25) is 5.02 Å². The number of esters is 1. The van der Waals surface area contributed by atoms with E-state index in [4.69, 9.17) is 16.3 Å². The Hall–Kier alpha value is -1.48. The second-order valence-electron chi connectivity index (χ2n) is 2.91. The maximum atomic E-state index is 10.7. The molecule has 1 heterocycles. The molecule has 1 aromatic carbocycles.